The molecule has 6 nitrogen and oxygen atoms in total. The average Bonchev–Trinajstić information content (AvgIpc) is 3.49. The summed E-state index contributed by atoms with van der Waals surface area (Å²) in [6.07, 6.45) is 11.8. The molecule has 3 aromatic heterocycles. The van der Waals surface area contributed by atoms with Gasteiger partial charge in [-0.25, -0.2) is 9.97 Å². The van der Waals surface area contributed by atoms with Gasteiger partial charge < -0.3 is 9.47 Å². The van der Waals surface area contributed by atoms with Crippen molar-refractivity contribution in [1.82, 2.24) is 24.4 Å². The molecular formula is C21H25N5OS. The second-order valence-corrected chi connectivity index (χ2v) is 8.87. The minimum absolute atomic E-state index is 0.112. The molecule has 3 aromatic rings. The third-order valence-electron chi connectivity index (χ3n) is 6.23. The number of amides is 1. The molecule has 0 unspecified atom stereocenters. The number of likely N-dealkylation sites (tertiary alicyclic amines) is 1. The Morgan fingerprint density at radius 2 is 2.00 bits per heavy atom. The first kappa shape index (κ1) is 17.8. The molecule has 5 rings (SSSR count). The van der Waals surface area contributed by atoms with Gasteiger partial charge in [0.25, 0.3) is 5.91 Å². The Balaban J connectivity index is 1.37. The van der Waals surface area contributed by atoms with Crippen molar-refractivity contribution in [1.29, 1.82) is 0 Å². The number of rotatable bonds is 4. The van der Waals surface area contributed by atoms with Crippen LogP contribution in [0.15, 0.2) is 30.0 Å². The number of pyridine rings is 1. The molecule has 146 valence electrons. The fourth-order valence-electron chi connectivity index (χ4n) is 4.78. The SMILES string of the molecule is O=C(c1cncs1)N1CCC(n2c(CC3CCCC3)nc3cccnc32)CC1. The molecule has 0 aromatic carbocycles. The Morgan fingerprint density at radius 3 is 2.75 bits per heavy atom. The van der Waals surface area contributed by atoms with E-state index in [0.717, 1.165) is 54.3 Å². The summed E-state index contributed by atoms with van der Waals surface area (Å²) in [6.45, 7) is 1.55. The second-order valence-electron chi connectivity index (χ2n) is 7.99. The van der Waals surface area contributed by atoms with E-state index in [-0.39, 0.29) is 5.91 Å². The Kier molecular flexibility index (Phi) is 4.84. The van der Waals surface area contributed by atoms with Crippen molar-refractivity contribution in [2.45, 2.75) is 51.0 Å². The molecule has 1 aliphatic carbocycles. The number of hydrogen-bond acceptors (Lipinski definition) is 5. The number of aromatic nitrogens is 4. The summed E-state index contributed by atoms with van der Waals surface area (Å²) < 4.78 is 2.39. The van der Waals surface area contributed by atoms with Crippen molar-refractivity contribution in [2.75, 3.05) is 13.1 Å². The molecule has 1 aliphatic heterocycles. The summed E-state index contributed by atoms with van der Waals surface area (Å²) in [5.74, 6) is 2.05. The lowest BCUT2D eigenvalue weighted by Gasteiger charge is -2.33. The first-order valence-electron chi connectivity index (χ1n) is 10.3. The van der Waals surface area contributed by atoms with Gasteiger partial charge in [-0.1, -0.05) is 25.7 Å². The maximum absolute atomic E-state index is 12.6. The number of piperidine rings is 1. The zero-order valence-corrected chi connectivity index (χ0v) is 16.8. The number of thiazole rings is 1. The van der Waals surface area contributed by atoms with E-state index in [0.29, 0.717) is 6.04 Å². The monoisotopic (exact) mass is 395 g/mol. The first-order valence-corrected chi connectivity index (χ1v) is 11.2. The molecule has 0 N–H and O–H groups in total. The molecule has 0 radical (unpaired) electrons. The van der Waals surface area contributed by atoms with E-state index in [1.54, 1.807) is 11.7 Å². The number of fused-ring (bicyclic) bond motifs is 1. The summed E-state index contributed by atoms with van der Waals surface area (Å²) in [5.41, 5.74) is 3.72. The maximum atomic E-state index is 12.6. The number of imidazole rings is 1. The van der Waals surface area contributed by atoms with Gasteiger partial charge in [-0.2, -0.15) is 0 Å². The molecule has 1 saturated carbocycles. The minimum atomic E-state index is 0.112. The van der Waals surface area contributed by atoms with Crippen LogP contribution in [0.2, 0.25) is 0 Å². The van der Waals surface area contributed by atoms with E-state index < -0.39 is 0 Å². The molecule has 7 heteroatoms. The van der Waals surface area contributed by atoms with Crippen LogP contribution in [0.25, 0.3) is 11.2 Å². The molecule has 0 atom stereocenters. The average molecular weight is 396 g/mol. The highest BCUT2D eigenvalue weighted by Gasteiger charge is 2.29. The van der Waals surface area contributed by atoms with Gasteiger partial charge in [0.1, 0.15) is 16.2 Å². The Hall–Kier alpha value is -2.28. The van der Waals surface area contributed by atoms with E-state index in [1.807, 2.05) is 17.2 Å². The van der Waals surface area contributed by atoms with Crippen molar-refractivity contribution >= 4 is 28.4 Å². The molecule has 2 fully saturated rings. The van der Waals surface area contributed by atoms with Crippen LogP contribution in [0.5, 0.6) is 0 Å². The quantitative estimate of drug-likeness (QED) is 0.667. The second kappa shape index (κ2) is 7.62. The van der Waals surface area contributed by atoms with Crippen LogP contribution >= 0.6 is 11.3 Å². The highest BCUT2D eigenvalue weighted by atomic mass is 32.1. The van der Waals surface area contributed by atoms with Crippen LogP contribution in [0.1, 0.15) is 60.1 Å². The van der Waals surface area contributed by atoms with Crippen molar-refractivity contribution in [3.05, 3.63) is 40.7 Å². The maximum Gasteiger partial charge on any atom is 0.265 e. The van der Waals surface area contributed by atoms with Crippen LogP contribution in [-0.2, 0) is 6.42 Å². The van der Waals surface area contributed by atoms with E-state index in [4.69, 9.17) is 4.98 Å². The predicted octanol–water partition coefficient (Wildman–Crippen LogP) is 4.10. The van der Waals surface area contributed by atoms with Gasteiger partial charge >= 0.3 is 0 Å². The molecule has 0 bridgehead atoms. The van der Waals surface area contributed by atoms with E-state index in [2.05, 4.69) is 20.6 Å². The smallest absolute Gasteiger partial charge is 0.265 e. The van der Waals surface area contributed by atoms with Crippen LogP contribution in [-0.4, -0.2) is 43.4 Å². The van der Waals surface area contributed by atoms with Crippen molar-refractivity contribution in [3.63, 3.8) is 0 Å². The molecule has 4 heterocycles. The van der Waals surface area contributed by atoms with Gasteiger partial charge in [0.15, 0.2) is 5.65 Å². The molecule has 1 amide bonds. The van der Waals surface area contributed by atoms with E-state index in [1.165, 1.54) is 42.8 Å². The van der Waals surface area contributed by atoms with Crippen molar-refractivity contribution in [3.8, 4) is 0 Å². The largest absolute Gasteiger partial charge is 0.338 e. The third kappa shape index (κ3) is 3.32. The van der Waals surface area contributed by atoms with Crippen molar-refractivity contribution in [2.24, 2.45) is 5.92 Å². The summed E-state index contributed by atoms with van der Waals surface area (Å²) in [4.78, 5) is 29.0. The van der Waals surface area contributed by atoms with E-state index in [9.17, 15) is 4.79 Å². The summed E-state index contributed by atoms with van der Waals surface area (Å²) in [7, 11) is 0. The molecular weight excluding hydrogens is 370 g/mol. The Morgan fingerprint density at radius 1 is 1.18 bits per heavy atom. The summed E-state index contributed by atoms with van der Waals surface area (Å²) >= 11 is 1.42. The number of hydrogen-bond donors (Lipinski definition) is 0. The lowest BCUT2D eigenvalue weighted by molar-refractivity contribution is 0.0699. The van der Waals surface area contributed by atoms with Gasteiger partial charge in [0, 0.05) is 31.7 Å². The van der Waals surface area contributed by atoms with Gasteiger partial charge in [-0.3, -0.25) is 9.78 Å². The summed E-state index contributed by atoms with van der Waals surface area (Å²) in [5, 5.41) is 0. The molecule has 2 aliphatic rings. The lowest BCUT2D eigenvalue weighted by Crippen LogP contribution is -2.39. The molecule has 28 heavy (non-hydrogen) atoms. The van der Waals surface area contributed by atoms with Crippen LogP contribution < -0.4 is 0 Å². The topological polar surface area (TPSA) is 63.9 Å². The number of carbonyl (C=O) groups excluding carboxylic acids is 1. The predicted molar refractivity (Wildman–Crippen MR) is 109 cm³/mol. The fourth-order valence-corrected chi connectivity index (χ4v) is 5.37. The zero-order chi connectivity index (χ0) is 18.9. The Labute approximate surface area is 168 Å². The highest BCUT2D eigenvalue weighted by Crippen LogP contribution is 2.33. The molecule has 1 saturated heterocycles. The van der Waals surface area contributed by atoms with Crippen LogP contribution in [0.3, 0.4) is 0 Å². The van der Waals surface area contributed by atoms with Crippen LogP contribution in [0, 0.1) is 5.92 Å². The lowest BCUT2D eigenvalue weighted by atomic mass is 10.0. The van der Waals surface area contributed by atoms with Crippen molar-refractivity contribution < 1.29 is 4.79 Å². The summed E-state index contributed by atoms with van der Waals surface area (Å²) in [6, 6.07) is 4.40. The van der Waals surface area contributed by atoms with E-state index >= 15 is 0 Å². The number of carbonyl (C=O) groups is 1. The fraction of sp³-hybridized carbons (Fsp3) is 0.524. The Bertz CT molecular complexity index is 953. The molecule has 0 spiro atoms. The van der Waals surface area contributed by atoms with Gasteiger partial charge in [-0.05, 0) is 30.9 Å². The standard InChI is InChI=1S/C21H25N5OS/c27-21(18-13-22-14-28-18)25-10-7-16(8-11-25)26-19(12-15-4-1-2-5-15)24-17-6-3-9-23-20(17)26/h3,6,9,13-16H,1-2,4-5,7-8,10-12H2. The van der Waals surface area contributed by atoms with Gasteiger partial charge in [0.05, 0.1) is 11.7 Å². The highest BCUT2D eigenvalue weighted by molar-refractivity contribution is 7.11. The third-order valence-corrected chi connectivity index (χ3v) is 6.99. The minimum Gasteiger partial charge on any atom is -0.338 e. The van der Waals surface area contributed by atoms with Crippen LogP contribution in [0.4, 0.5) is 0 Å². The van der Waals surface area contributed by atoms with Gasteiger partial charge in [-0.15, -0.1) is 11.3 Å². The number of nitrogens with zero attached hydrogens (tertiary/aromatic N) is 5. The van der Waals surface area contributed by atoms with Gasteiger partial charge in [0.2, 0.25) is 0 Å². The first-order chi connectivity index (χ1) is 13.8. The zero-order valence-electron chi connectivity index (χ0n) is 16.0. The normalized spacial score (nSPS) is 18.9.